The van der Waals surface area contributed by atoms with Crippen molar-refractivity contribution in [2.45, 2.75) is 31.8 Å². The van der Waals surface area contributed by atoms with Crippen LogP contribution >= 0.6 is 0 Å². The fourth-order valence-corrected chi connectivity index (χ4v) is 2.38. The summed E-state index contributed by atoms with van der Waals surface area (Å²) in [5.74, 6) is -0.250. The highest BCUT2D eigenvalue weighted by Gasteiger charge is 2.26. The van der Waals surface area contributed by atoms with Gasteiger partial charge in [0.25, 0.3) is 0 Å². The number of aliphatic hydroxyl groups is 1. The molecule has 94 valence electrons. The van der Waals surface area contributed by atoms with Crippen molar-refractivity contribution in [2.75, 3.05) is 18.1 Å². The van der Waals surface area contributed by atoms with Gasteiger partial charge in [-0.2, -0.15) is 0 Å². The molecule has 1 aromatic carbocycles. The van der Waals surface area contributed by atoms with Gasteiger partial charge in [-0.25, -0.2) is 4.39 Å². The Kier molecular flexibility index (Phi) is 3.64. The zero-order chi connectivity index (χ0) is 12.4. The lowest BCUT2D eigenvalue weighted by molar-refractivity contribution is 0.266. The van der Waals surface area contributed by atoms with Gasteiger partial charge in [0.1, 0.15) is 5.82 Å². The number of aliphatic hydroxyl groups excluding tert-OH is 1. The van der Waals surface area contributed by atoms with E-state index in [4.69, 9.17) is 5.73 Å². The topological polar surface area (TPSA) is 49.5 Å². The average Bonchev–Trinajstić information content (AvgIpc) is 2.76. The average molecular weight is 238 g/mol. The predicted octanol–water partition coefficient (Wildman–Crippen LogP) is 1.81. The molecule has 4 heteroatoms. The van der Waals surface area contributed by atoms with Crippen molar-refractivity contribution in [2.24, 2.45) is 5.73 Å². The fraction of sp³-hybridized carbons (Fsp3) is 0.538. The van der Waals surface area contributed by atoms with Crippen molar-refractivity contribution in [1.82, 2.24) is 0 Å². The van der Waals surface area contributed by atoms with Gasteiger partial charge in [0.15, 0.2) is 0 Å². The van der Waals surface area contributed by atoms with Crippen LogP contribution in [0.5, 0.6) is 0 Å². The van der Waals surface area contributed by atoms with Gasteiger partial charge >= 0.3 is 0 Å². The van der Waals surface area contributed by atoms with E-state index in [1.54, 1.807) is 6.07 Å². The van der Waals surface area contributed by atoms with Crippen LogP contribution in [0, 0.1) is 5.82 Å². The third-order valence-electron chi connectivity index (χ3n) is 3.39. The van der Waals surface area contributed by atoms with Gasteiger partial charge < -0.3 is 15.7 Å². The van der Waals surface area contributed by atoms with Crippen LogP contribution in [0.25, 0.3) is 0 Å². The molecule has 1 fully saturated rings. The summed E-state index contributed by atoms with van der Waals surface area (Å²) in [5, 5.41) is 9.25. The number of nitrogens with two attached hydrogens (primary N) is 1. The molecule has 0 aliphatic carbocycles. The van der Waals surface area contributed by atoms with Gasteiger partial charge in [-0.05, 0) is 37.5 Å². The van der Waals surface area contributed by atoms with Crippen molar-refractivity contribution in [3.05, 3.63) is 29.6 Å². The number of halogens is 1. The molecule has 2 rings (SSSR count). The number of hydrogen-bond acceptors (Lipinski definition) is 3. The first-order chi connectivity index (χ1) is 8.13. The molecule has 1 aromatic rings. The van der Waals surface area contributed by atoms with Gasteiger partial charge in [-0.1, -0.05) is 6.07 Å². The molecule has 3 nitrogen and oxygen atoms in total. The number of hydrogen-bond donors (Lipinski definition) is 2. The summed E-state index contributed by atoms with van der Waals surface area (Å²) in [6.45, 7) is 2.72. The molecule has 1 aliphatic heterocycles. The molecule has 1 aliphatic rings. The molecular formula is C13H19FN2O. The maximum atomic E-state index is 14.0. The maximum absolute atomic E-state index is 14.0. The summed E-state index contributed by atoms with van der Waals surface area (Å²) in [6, 6.07) is 5.00. The minimum atomic E-state index is -0.250. The van der Waals surface area contributed by atoms with E-state index in [1.165, 1.54) is 6.07 Å². The molecule has 0 saturated carbocycles. The standard InChI is InChI=1S/C13H19FN2O/c1-9(15)10-4-5-13(12(14)7-10)16-6-2-3-11(16)8-17/h4-5,7,9,11,17H,2-3,6,8,15H2,1H3/t9-,11?/m1/s1. The van der Waals surface area contributed by atoms with Crippen LogP contribution in [0.3, 0.4) is 0 Å². The van der Waals surface area contributed by atoms with Gasteiger partial charge in [0.05, 0.1) is 18.3 Å². The maximum Gasteiger partial charge on any atom is 0.146 e. The monoisotopic (exact) mass is 238 g/mol. The van der Waals surface area contributed by atoms with Crippen molar-refractivity contribution < 1.29 is 9.50 Å². The SMILES string of the molecule is C[C@@H](N)c1ccc(N2CCCC2CO)c(F)c1. The van der Waals surface area contributed by atoms with E-state index in [0.29, 0.717) is 5.69 Å². The summed E-state index contributed by atoms with van der Waals surface area (Å²) >= 11 is 0. The van der Waals surface area contributed by atoms with Crippen LogP contribution in [0.4, 0.5) is 10.1 Å². The quantitative estimate of drug-likeness (QED) is 0.844. The van der Waals surface area contributed by atoms with Crippen molar-refractivity contribution in [3.63, 3.8) is 0 Å². The number of nitrogens with zero attached hydrogens (tertiary/aromatic N) is 1. The van der Waals surface area contributed by atoms with Crippen LogP contribution < -0.4 is 10.6 Å². The zero-order valence-corrected chi connectivity index (χ0v) is 10.1. The first-order valence-corrected chi connectivity index (χ1v) is 6.06. The highest BCUT2D eigenvalue weighted by molar-refractivity contribution is 5.51. The van der Waals surface area contributed by atoms with Crippen LogP contribution in [0.15, 0.2) is 18.2 Å². The van der Waals surface area contributed by atoms with Gasteiger partial charge in [-0.15, -0.1) is 0 Å². The van der Waals surface area contributed by atoms with Gasteiger partial charge in [0, 0.05) is 12.6 Å². The van der Waals surface area contributed by atoms with Gasteiger partial charge in [-0.3, -0.25) is 0 Å². The Morgan fingerprint density at radius 3 is 2.94 bits per heavy atom. The third kappa shape index (κ3) is 2.42. The smallest absolute Gasteiger partial charge is 0.146 e. The molecular weight excluding hydrogens is 219 g/mol. The molecule has 2 atom stereocenters. The van der Waals surface area contributed by atoms with E-state index in [-0.39, 0.29) is 24.5 Å². The molecule has 1 heterocycles. The minimum absolute atomic E-state index is 0.0469. The first kappa shape index (κ1) is 12.3. The first-order valence-electron chi connectivity index (χ1n) is 6.06. The number of anilines is 1. The van der Waals surface area contributed by atoms with Crippen LogP contribution in [0.1, 0.15) is 31.4 Å². The summed E-state index contributed by atoms with van der Waals surface area (Å²) in [4.78, 5) is 1.94. The molecule has 17 heavy (non-hydrogen) atoms. The summed E-state index contributed by atoms with van der Waals surface area (Å²) < 4.78 is 14.0. The molecule has 0 amide bonds. The Labute approximate surface area is 101 Å². The second kappa shape index (κ2) is 5.02. The number of rotatable bonds is 3. The lowest BCUT2D eigenvalue weighted by Crippen LogP contribution is -2.32. The Morgan fingerprint density at radius 2 is 2.35 bits per heavy atom. The molecule has 0 bridgehead atoms. The van der Waals surface area contributed by atoms with Crippen molar-refractivity contribution in [1.29, 1.82) is 0 Å². The Balaban J connectivity index is 2.27. The molecule has 3 N–H and O–H groups in total. The lowest BCUT2D eigenvalue weighted by atomic mass is 10.1. The molecule has 0 aromatic heterocycles. The highest BCUT2D eigenvalue weighted by atomic mass is 19.1. The largest absolute Gasteiger partial charge is 0.394 e. The van der Waals surface area contributed by atoms with Gasteiger partial charge in [0.2, 0.25) is 0 Å². The van der Waals surface area contributed by atoms with E-state index in [1.807, 2.05) is 17.9 Å². The second-order valence-electron chi connectivity index (χ2n) is 4.67. The van der Waals surface area contributed by atoms with E-state index < -0.39 is 0 Å². The Morgan fingerprint density at radius 1 is 1.59 bits per heavy atom. The van der Waals surface area contributed by atoms with Crippen molar-refractivity contribution >= 4 is 5.69 Å². The molecule has 0 radical (unpaired) electrons. The lowest BCUT2D eigenvalue weighted by Gasteiger charge is -2.26. The molecule has 1 unspecified atom stereocenters. The second-order valence-corrected chi connectivity index (χ2v) is 4.67. The fourth-order valence-electron chi connectivity index (χ4n) is 2.38. The Hall–Kier alpha value is -1.13. The summed E-state index contributed by atoms with van der Waals surface area (Å²) in [6.07, 6.45) is 1.92. The van der Waals surface area contributed by atoms with E-state index >= 15 is 0 Å². The van der Waals surface area contributed by atoms with E-state index in [9.17, 15) is 9.50 Å². The van der Waals surface area contributed by atoms with E-state index in [2.05, 4.69) is 0 Å². The minimum Gasteiger partial charge on any atom is -0.394 e. The summed E-state index contributed by atoms with van der Waals surface area (Å²) in [7, 11) is 0. The highest BCUT2D eigenvalue weighted by Crippen LogP contribution is 2.29. The summed E-state index contributed by atoms with van der Waals surface area (Å²) in [5.41, 5.74) is 7.09. The predicted molar refractivity (Wildman–Crippen MR) is 66.5 cm³/mol. The molecule has 1 saturated heterocycles. The van der Waals surface area contributed by atoms with Crippen LogP contribution in [0.2, 0.25) is 0 Å². The zero-order valence-electron chi connectivity index (χ0n) is 10.1. The normalized spacial score (nSPS) is 21.9. The van der Waals surface area contributed by atoms with E-state index in [0.717, 1.165) is 24.9 Å². The third-order valence-corrected chi connectivity index (χ3v) is 3.39. The van der Waals surface area contributed by atoms with Crippen LogP contribution in [-0.2, 0) is 0 Å². The van der Waals surface area contributed by atoms with Crippen LogP contribution in [-0.4, -0.2) is 24.3 Å². The van der Waals surface area contributed by atoms with Crippen molar-refractivity contribution in [3.8, 4) is 0 Å². The number of benzene rings is 1. The molecule has 0 spiro atoms. The Bertz CT molecular complexity index is 395.